The Labute approximate surface area is 117 Å². The highest BCUT2D eigenvalue weighted by molar-refractivity contribution is 9.10. The molecule has 3 N–H and O–H groups in total. The van der Waals surface area contributed by atoms with Gasteiger partial charge in [0.25, 0.3) is 5.91 Å². The molecule has 1 aromatic carbocycles. The van der Waals surface area contributed by atoms with E-state index in [0.717, 1.165) is 15.7 Å². The first kappa shape index (κ1) is 13.0. The molecule has 2 rings (SSSR count). The number of hydrogen-bond acceptors (Lipinski definition) is 4. The monoisotopic (exact) mass is 325 g/mol. The topological polar surface area (TPSA) is 68.0 Å². The molecule has 94 valence electrons. The quantitative estimate of drug-likeness (QED) is 0.889. The molecule has 0 aliphatic rings. The number of carbonyl (C=O) groups excluding carboxylic acids is 1. The van der Waals surface area contributed by atoms with Gasteiger partial charge in [0, 0.05) is 10.2 Å². The molecule has 0 bridgehead atoms. The number of aromatic nitrogens is 1. The highest BCUT2D eigenvalue weighted by atomic mass is 79.9. The Bertz CT molecular complexity index is 609. The zero-order chi connectivity index (χ0) is 13.3. The minimum absolute atomic E-state index is 0.177. The first-order valence-electron chi connectivity index (χ1n) is 5.28. The fraction of sp³-hybridized carbons (Fsp3) is 0.167. The predicted octanol–water partition coefficient (Wildman–Crippen LogP) is 3.36. The molecule has 6 heteroatoms. The summed E-state index contributed by atoms with van der Waals surface area (Å²) in [6.07, 6.45) is 0. The molecular weight excluding hydrogens is 314 g/mol. The third-order valence-corrected chi connectivity index (χ3v) is 4.31. The summed E-state index contributed by atoms with van der Waals surface area (Å²) in [5, 5.41) is 3.24. The van der Waals surface area contributed by atoms with Gasteiger partial charge in [-0.25, -0.2) is 4.98 Å². The molecule has 0 atom stereocenters. The smallest absolute Gasteiger partial charge is 0.267 e. The van der Waals surface area contributed by atoms with Gasteiger partial charge in [-0.2, -0.15) is 0 Å². The maximum absolute atomic E-state index is 12.0. The second kappa shape index (κ2) is 5.07. The number of nitrogen functional groups attached to an aromatic ring is 1. The van der Waals surface area contributed by atoms with Gasteiger partial charge in [-0.05, 0) is 37.6 Å². The van der Waals surface area contributed by atoms with Crippen molar-refractivity contribution in [3.8, 4) is 0 Å². The van der Waals surface area contributed by atoms with Crippen LogP contribution >= 0.6 is 27.3 Å². The number of hydrogen-bond donors (Lipinski definition) is 2. The Kier molecular flexibility index (Phi) is 3.68. The van der Waals surface area contributed by atoms with Crippen LogP contribution in [0.1, 0.15) is 20.9 Å². The van der Waals surface area contributed by atoms with Gasteiger partial charge in [0.1, 0.15) is 4.88 Å². The molecule has 0 aliphatic heterocycles. The van der Waals surface area contributed by atoms with E-state index in [4.69, 9.17) is 5.73 Å². The molecule has 1 amide bonds. The predicted molar refractivity (Wildman–Crippen MR) is 78.1 cm³/mol. The Morgan fingerprint density at radius 2 is 2.17 bits per heavy atom. The van der Waals surface area contributed by atoms with E-state index in [0.29, 0.717) is 15.7 Å². The number of rotatable bonds is 2. The number of amides is 1. The highest BCUT2D eigenvalue weighted by Crippen LogP contribution is 2.23. The van der Waals surface area contributed by atoms with E-state index in [2.05, 4.69) is 26.2 Å². The second-order valence-electron chi connectivity index (χ2n) is 3.88. The van der Waals surface area contributed by atoms with Crippen molar-refractivity contribution in [2.45, 2.75) is 13.8 Å². The van der Waals surface area contributed by atoms with Crippen molar-refractivity contribution in [1.29, 1.82) is 0 Å². The van der Waals surface area contributed by atoms with E-state index in [1.54, 1.807) is 6.92 Å². The standard InChI is InChI=1S/C12H12BrN3OS/c1-6-5-8(3-4-9(6)13)16-11(17)10-7(2)15-12(14)18-10/h3-5H,1-2H3,(H2,14,15)(H,16,17). The summed E-state index contributed by atoms with van der Waals surface area (Å²) in [4.78, 5) is 16.6. The first-order chi connectivity index (χ1) is 8.47. The Balaban J connectivity index is 2.21. The summed E-state index contributed by atoms with van der Waals surface area (Å²) in [5.41, 5.74) is 8.05. The summed E-state index contributed by atoms with van der Waals surface area (Å²) in [6, 6.07) is 5.65. The maximum Gasteiger partial charge on any atom is 0.267 e. The van der Waals surface area contributed by atoms with E-state index < -0.39 is 0 Å². The van der Waals surface area contributed by atoms with Gasteiger partial charge in [-0.1, -0.05) is 27.3 Å². The lowest BCUT2D eigenvalue weighted by molar-refractivity contribution is 0.103. The van der Waals surface area contributed by atoms with E-state index in [1.165, 1.54) is 11.3 Å². The number of nitrogens with zero attached hydrogens (tertiary/aromatic N) is 1. The van der Waals surface area contributed by atoms with E-state index in [1.807, 2.05) is 25.1 Å². The van der Waals surface area contributed by atoms with Crippen LogP contribution in [0.25, 0.3) is 0 Å². The van der Waals surface area contributed by atoms with Crippen LogP contribution in [0.3, 0.4) is 0 Å². The van der Waals surface area contributed by atoms with Gasteiger partial charge in [0.15, 0.2) is 5.13 Å². The molecule has 4 nitrogen and oxygen atoms in total. The normalized spacial score (nSPS) is 10.4. The van der Waals surface area contributed by atoms with Crippen molar-refractivity contribution in [3.05, 3.63) is 38.8 Å². The van der Waals surface area contributed by atoms with E-state index in [-0.39, 0.29) is 5.91 Å². The molecule has 1 aromatic heterocycles. The van der Waals surface area contributed by atoms with Gasteiger partial charge < -0.3 is 11.1 Å². The van der Waals surface area contributed by atoms with Crippen molar-refractivity contribution in [2.24, 2.45) is 0 Å². The Hall–Kier alpha value is -1.40. The van der Waals surface area contributed by atoms with Gasteiger partial charge in [0.2, 0.25) is 0 Å². The average Bonchev–Trinajstić information content (AvgIpc) is 2.63. The summed E-state index contributed by atoms with van der Waals surface area (Å²) in [6.45, 7) is 3.74. The van der Waals surface area contributed by atoms with Crippen molar-refractivity contribution >= 4 is 44.0 Å². The molecule has 0 radical (unpaired) electrons. The molecule has 0 aliphatic carbocycles. The lowest BCUT2D eigenvalue weighted by Crippen LogP contribution is -2.11. The summed E-state index contributed by atoms with van der Waals surface area (Å²) in [7, 11) is 0. The van der Waals surface area contributed by atoms with Crippen molar-refractivity contribution in [1.82, 2.24) is 4.98 Å². The number of aryl methyl sites for hydroxylation is 2. The molecule has 0 unspecified atom stereocenters. The highest BCUT2D eigenvalue weighted by Gasteiger charge is 2.14. The number of thiazole rings is 1. The lowest BCUT2D eigenvalue weighted by Gasteiger charge is -2.06. The number of anilines is 2. The van der Waals surface area contributed by atoms with Crippen molar-refractivity contribution in [3.63, 3.8) is 0 Å². The number of benzene rings is 1. The SMILES string of the molecule is Cc1cc(NC(=O)c2sc(N)nc2C)ccc1Br. The van der Waals surface area contributed by atoms with E-state index >= 15 is 0 Å². The van der Waals surface area contributed by atoms with Gasteiger partial charge in [0.05, 0.1) is 5.69 Å². The Morgan fingerprint density at radius 3 is 2.72 bits per heavy atom. The summed E-state index contributed by atoms with van der Waals surface area (Å²) < 4.78 is 1.01. The van der Waals surface area contributed by atoms with Crippen LogP contribution in [0, 0.1) is 13.8 Å². The van der Waals surface area contributed by atoms with Gasteiger partial charge in [-0.15, -0.1) is 0 Å². The largest absolute Gasteiger partial charge is 0.375 e. The third-order valence-electron chi connectivity index (χ3n) is 2.44. The number of carbonyl (C=O) groups is 1. The number of nitrogens with one attached hydrogen (secondary N) is 1. The van der Waals surface area contributed by atoms with Crippen LogP contribution < -0.4 is 11.1 Å². The Morgan fingerprint density at radius 1 is 1.44 bits per heavy atom. The summed E-state index contributed by atoms with van der Waals surface area (Å²) in [5.74, 6) is -0.177. The minimum Gasteiger partial charge on any atom is -0.375 e. The fourth-order valence-electron chi connectivity index (χ4n) is 1.54. The lowest BCUT2D eigenvalue weighted by atomic mass is 10.2. The van der Waals surface area contributed by atoms with Crippen LogP contribution in [0.5, 0.6) is 0 Å². The molecule has 1 heterocycles. The van der Waals surface area contributed by atoms with Crippen LogP contribution in [-0.2, 0) is 0 Å². The van der Waals surface area contributed by atoms with Crippen LogP contribution in [0.4, 0.5) is 10.8 Å². The molecule has 2 aromatic rings. The molecule has 0 fully saturated rings. The zero-order valence-electron chi connectivity index (χ0n) is 9.95. The third kappa shape index (κ3) is 2.70. The average molecular weight is 326 g/mol. The van der Waals surface area contributed by atoms with E-state index in [9.17, 15) is 4.79 Å². The first-order valence-corrected chi connectivity index (χ1v) is 6.88. The second-order valence-corrected chi connectivity index (χ2v) is 5.77. The maximum atomic E-state index is 12.0. The molecule has 18 heavy (non-hydrogen) atoms. The van der Waals surface area contributed by atoms with Crippen LogP contribution in [0.15, 0.2) is 22.7 Å². The van der Waals surface area contributed by atoms with Gasteiger partial charge >= 0.3 is 0 Å². The fourth-order valence-corrected chi connectivity index (χ4v) is 2.51. The number of nitrogens with two attached hydrogens (primary N) is 1. The number of halogens is 1. The minimum atomic E-state index is -0.177. The summed E-state index contributed by atoms with van der Waals surface area (Å²) >= 11 is 4.61. The molecule has 0 spiro atoms. The van der Waals surface area contributed by atoms with Crippen molar-refractivity contribution in [2.75, 3.05) is 11.1 Å². The van der Waals surface area contributed by atoms with Gasteiger partial charge in [-0.3, -0.25) is 4.79 Å². The molecular formula is C12H12BrN3OS. The molecule has 0 saturated carbocycles. The zero-order valence-corrected chi connectivity index (χ0v) is 12.4. The molecule has 0 saturated heterocycles. The van der Waals surface area contributed by atoms with Crippen molar-refractivity contribution < 1.29 is 4.79 Å². The van der Waals surface area contributed by atoms with Crippen LogP contribution in [0.2, 0.25) is 0 Å². The van der Waals surface area contributed by atoms with Crippen LogP contribution in [-0.4, -0.2) is 10.9 Å².